The summed E-state index contributed by atoms with van der Waals surface area (Å²) in [6.07, 6.45) is 0. The van der Waals surface area contributed by atoms with Crippen LogP contribution < -0.4 is 10.2 Å². The lowest BCUT2D eigenvalue weighted by Crippen LogP contribution is -2.28. The van der Waals surface area contributed by atoms with Crippen LogP contribution in [0.2, 0.25) is 0 Å². The Labute approximate surface area is 136 Å². The molecule has 1 amide bonds. The highest BCUT2D eigenvalue weighted by atomic mass is 27.0. The minimum absolute atomic E-state index is 0.0200. The summed E-state index contributed by atoms with van der Waals surface area (Å²) in [5.41, 5.74) is 8.37. The molecule has 7 heteroatoms. The summed E-state index contributed by atoms with van der Waals surface area (Å²) < 4.78 is 1.04. The van der Waals surface area contributed by atoms with Crippen molar-refractivity contribution in [1.82, 2.24) is 19.9 Å². The maximum atomic E-state index is 11.6. The Morgan fingerprint density at radius 1 is 1.41 bits per heavy atom. The van der Waals surface area contributed by atoms with Crippen molar-refractivity contribution in [3.8, 4) is 0 Å². The number of nitrogen functional groups attached to an aromatic ring is 1. The number of benzene rings is 1. The number of pyridine rings is 1. The first-order valence-electron chi connectivity index (χ1n) is 7.08. The number of nitrogens with two attached hydrogens (primary N) is 1. The Hall–Kier alpha value is -2.10. The maximum absolute atomic E-state index is 11.6. The number of anilines is 1. The van der Waals surface area contributed by atoms with E-state index in [0.29, 0.717) is 24.7 Å². The molecule has 22 heavy (non-hydrogen) atoms. The Bertz CT molecular complexity index is 873. The largest absolute Gasteiger partial charge is 0.382 e. The molecule has 2 heterocycles. The van der Waals surface area contributed by atoms with Gasteiger partial charge in [0.15, 0.2) is 16.3 Å². The predicted molar refractivity (Wildman–Crippen MR) is 88.0 cm³/mol. The van der Waals surface area contributed by atoms with Crippen molar-refractivity contribution in [2.24, 2.45) is 0 Å². The number of H-pyrrole nitrogens is 1. The molecule has 1 aromatic carbocycles. The Kier molecular flexibility index (Phi) is 3.77. The SMILES string of the molecule is CCN(Cc1nc2c([nH]1)c(N)nc1c[c]([Al])ccc12)C(C)=O. The fourth-order valence-corrected chi connectivity index (χ4v) is 2.79. The molecule has 2 aromatic heterocycles. The first kappa shape index (κ1) is 14.8. The molecule has 0 unspecified atom stereocenters. The summed E-state index contributed by atoms with van der Waals surface area (Å²) >= 11 is 2.65. The smallest absolute Gasteiger partial charge is 0.219 e. The van der Waals surface area contributed by atoms with Crippen LogP contribution in [0.4, 0.5) is 5.82 Å². The third kappa shape index (κ3) is 2.54. The summed E-state index contributed by atoms with van der Waals surface area (Å²) in [5, 5.41) is 0.948. The van der Waals surface area contributed by atoms with Gasteiger partial charge in [-0.25, -0.2) is 9.97 Å². The molecule has 0 atom stereocenters. The topological polar surface area (TPSA) is 87.9 Å². The normalized spacial score (nSPS) is 11.2. The first-order chi connectivity index (χ1) is 10.5. The van der Waals surface area contributed by atoms with Gasteiger partial charge in [-0.3, -0.25) is 4.79 Å². The molecule has 3 rings (SSSR count). The van der Waals surface area contributed by atoms with Crippen LogP contribution in [-0.4, -0.2) is 48.6 Å². The van der Waals surface area contributed by atoms with E-state index in [9.17, 15) is 4.79 Å². The molecule has 3 aromatic rings. The highest BCUT2D eigenvalue weighted by Gasteiger charge is 2.14. The van der Waals surface area contributed by atoms with E-state index in [1.807, 2.05) is 25.1 Å². The van der Waals surface area contributed by atoms with Crippen LogP contribution in [0.3, 0.4) is 0 Å². The number of nitrogens with zero attached hydrogens (tertiary/aromatic N) is 3. The van der Waals surface area contributed by atoms with E-state index in [4.69, 9.17) is 5.73 Å². The van der Waals surface area contributed by atoms with E-state index >= 15 is 0 Å². The van der Waals surface area contributed by atoms with Crippen LogP contribution in [-0.2, 0) is 11.3 Å². The number of imidazole rings is 1. The van der Waals surface area contributed by atoms with Gasteiger partial charge in [-0.1, -0.05) is 18.2 Å². The third-order valence-corrected chi connectivity index (χ3v) is 4.05. The zero-order valence-electron chi connectivity index (χ0n) is 12.6. The van der Waals surface area contributed by atoms with Gasteiger partial charge in [0.1, 0.15) is 22.7 Å². The summed E-state index contributed by atoms with van der Waals surface area (Å²) in [6.45, 7) is 4.56. The molecule has 0 fully saturated rings. The van der Waals surface area contributed by atoms with Crippen LogP contribution in [0, 0.1) is 0 Å². The van der Waals surface area contributed by atoms with E-state index in [2.05, 4.69) is 31.2 Å². The fraction of sp³-hybridized carbons (Fsp3) is 0.267. The second-order valence-corrected chi connectivity index (χ2v) is 5.88. The van der Waals surface area contributed by atoms with Gasteiger partial charge >= 0.3 is 0 Å². The molecular formula is C15H16AlN5O. The number of aromatic nitrogens is 3. The number of amides is 1. The number of carbonyl (C=O) groups excluding carboxylic acids is 1. The number of fused-ring (bicyclic) bond motifs is 3. The van der Waals surface area contributed by atoms with Gasteiger partial charge in [-0.2, -0.15) is 0 Å². The van der Waals surface area contributed by atoms with E-state index in [-0.39, 0.29) is 5.91 Å². The van der Waals surface area contributed by atoms with E-state index in [0.717, 1.165) is 26.4 Å². The minimum Gasteiger partial charge on any atom is -0.382 e. The first-order valence-corrected chi connectivity index (χ1v) is 7.66. The van der Waals surface area contributed by atoms with Crippen molar-refractivity contribution >= 4 is 54.4 Å². The van der Waals surface area contributed by atoms with Gasteiger partial charge < -0.3 is 15.6 Å². The minimum atomic E-state index is 0.0200. The number of aromatic amines is 1. The van der Waals surface area contributed by atoms with Crippen LogP contribution in [0.15, 0.2) is 18.2 Å². The van der Waals surface area contributed by atoms with Gasteiger partial charge in [0.2, 0.25) is 5.91 Å². The molecule has 0 saturated heterocycles. The summed E-state index contributed by atoms with van der Waals surface area (Å²) in [4.78, 5) is 25.5. The summed E-state index contributed by atoms with van der Waals surface area (Å²) in [7, 11) is 0. The van der Waals surface area contributed by atoms with Crippen molar-refractivity contribution in [1.29, 1.82) is 0 Å². The monoisotopic (exact) mass is 309 g/mol. The second-order valence-electron chi connectivity index (χ2n) is 5.21. The lowest BCUT2D eigenvalue weighted by molar-refractivity contribution is -0.129. The van der Waals surface area contributed by atoms with Gasteiger partial charge in [0.05, 0.1) is 12.1 Å². The van der Waals surface area contributed by atoms with E-state index in [1.54, 1.807) is 11.8 Å². The van der Waals surface area contributed by atoms with Crippen LogP contribution in [0.5, 0.6) is 0 Å². The Morgan fingerprint density at radius 2 is 2.18 bits per heavy atom. The third-order valence-electron chi connectivity index (χ3n) is 3.69. The van der Waals surface area contributed by atoms with Crippen molar-refractivity contribution in [3.05, 3.63) is 24.0 Å². The molecular weight excluding hydrogens is 293 g/mol. The summed E-state index contributed by atoms with van der Waals surface area (Å²) in [5.74, 6) is 1.15. The van der Waals surface area contributed by atoms with Crippen LogP contribution in [0.1, 0.15) is 19.7 Å². The predicted octanol–water partition coefficient (Wildman–Crippen LogP) is 0.855. The van der Waals surface area contributed by atoms with Crippen molar-refractivity contribution < 1.29 is 4.79 Å². The molecule has 0 saturated carbocycles. The molecule has 0 aliphatic rings. The van der Waals surface area contributed by atoms with Gasteiger partial charge in [0.25, 0.3) is 0 Å². The molecule has 0 aliphatic carbocycles. The Balaban J connectivity index is 2.14. The number of carbonyl (C=O) groups is 1. The highest BCUT2D eigenvalue weighted by molar-refractivity contribution is 6.33. The van der Waals surface area contributed by atoms with Gasteiger partial charge in [-0.15, -0.1) is 4.43 Å². The summed E-state index contributed by atoms with van der Waals surface area (Å²) in [6, 6.07) is 5.93. The van der Waals surface area contributed by atoms with Crippen molar-refractivity contribution in [3.63, 3.8) is 0 Å². The van der Waals surface area contributed by atoms with E-state index < -0.39 is 0 Å². The van der Waals surface area contributed by atoms with Gasteiger partial charge in [-0.05, 0) is 6.92 Å². The van der Waals surface area contributed by atoms with Crippen LogP contribution in [0.25, 0.3) is 21.9 Å². The standard InChI is InChI=1S/C15H16N5O.Al/c1-3-20(9(2)21)8-12-18-13-10-6-4-5-7-11(10)17-15(16)14(13)19-12;/h4,6-7H,3,8H2,1-2H3,(H2,16,17)(H,18,19);. The zero-order chi connectivity index (χ0) is 15.9. The zero-order valence-corrected chi connectivity index (χ0v) is 13.7. The molecule has 110 valence electrons. The van der Waals surface area contributed by atoms with Crippen molar-refractivity contribution in [2.45, 2.75) is 20.4 Å². The average molecular weight is 309 g/mol. The second kappa shape index (κ2) is 5.60. The molecule has 0 bridgehead atoms. The molecule has 0 aliphatic heterocycles. The lowest BCUT2D eigenvalue weighted by atomic mass is 10.2. The molecule has 6 nitrogen and oxygen atoms in total. The maximum Gasteiger partial charge on any atom is 0.219 e. The average Bonchev–Trinajstić information content (AvgIpc) is 2.88. The number of hydrogen-bond acceptors (Lipinski definition) is 4. The number of rotatable bonds is 3. The van der Waals surface area contributed by atoms with E-state index in [1.165, 1.54) is 0 Å². The van der Waals surface area contributed by atoms with Crippen molar-refractivity contribution in [2.75, 3.05) is 12.3 Å². The molecule has 0 spiro atoms. The fourth-order valence-electron chi connectivity index (χ4n) is 2.53. The van der Waals surface area contributed by atoms with Crippen LogP contribution >= 0.6 is 0 Å². The lowest BCUT2D eigenvalue weighted by Gasteiger charge is -2.16. The number of hydrogen-bond donors (Lipinski definition) is 2. The quantitative estimate of drug-likeness (QED) is 0.702. The van der Waals surface area contributed by atoms with Gasteiger partial charge in [0, 0.05) is 18.9 Å². The molecule has 3 N–H and O–H groups in total. The highest BCUT2D eigenvalue weighted by Crippen LogP contribution is 2.25. The Morgan fingerprint density at radius 3 is 2.86 bits per heavy atom. The number of nitrogens with one attached hydrogen (secondary N) is 1. The molecule has 2 radical (unpaired) electrons.